The van der Waals surface area contributed by atoms with E-state index in [0.717, 1.165) is 12.8 Å². The molecular formula is C8H15NO3. The maximum Gasteiger partial charge on any atom is 0.375 e. The molecule has 0 aromatic rings. The molecule has 0 atom stereocenters. The van der Waals surface area contributed by atoms with Gasteiger partial charge in [0, 0.05) is 0 Å². The van der Waals surface area contributed by atoms with Crippen molar-refractivity contribution in [1.29, 1.82) is 0 Å². The first-order valence-electron chi connectivity index (χ1n) is 4.07. The zero-order valence-corrected chi connectivity index (χ0v) is 7.55. The van der Waals surface area contributed by atoms with E-state index in [-0.39, 0.29) is 6.54 Å². The fourth-order valence-corrected chi connectivity index (χ4v) is 0.622. The predicted molar refractivity (Wildman–Crippen MR) is 44.8 cm³/mol. The highest BCUT2D eigenvalue weighted by Crippen LogP contribution is 1.89. The van der Waals surface area contributed by atoms with Gasteiger partial charge in [-0.05, 0) is 13.5 Å². The molecule has 0 aliphatic rings. The first-order chi connectivity index (χ1) is 5.72. The summed E-state index contributed by atoms with van der Waals surface area (Å²) in [7, 11) is 1.61. The highest BCUT2D eigenvalue weighted by Gasteiger charge is 2.12. The fourth-order valence-electron chi connectivity index (χ4n) is 0.622. The number of Topliss-reactive ketones (excluding diaryl/α,β-unsaturated/α-hetero) is 1. The van der Waals surface area contributed by atoms with Crippen LogP contribution in [0.3, 0.4) is 0 Å². The van der Waals surface area contributed by atoms with Crippen molar-refractivity contribution in [2.24, 2.45) is 0 Å². The Balaban J connectivity index is 3.50. The van der Waals surface area contributed by atoms with Gasteiger partial charge in [-0.25, -0.2) is 4.79 Å². The quantitative estimate of drug-likeness (QED) is 0.352. The van der Waals surface area contributed by atoms with Gasteiger partial charge in [-0.1, -0.05) is 13.3 Å². The van der Waals surface area contributed by atoms with E-state index in [1.54, 1.807) is 7.05 Å². The van der Waals surface area contributed by atoms with Crippen LogP contribution in [0, 0.1) is 0 Å². The zero-order valence-electron chi connectivity index (χ0n) is 7.55. The highest BCUT2D eigenvalue weighted by atomic mass is 16.5. The summed E-state index contributed by atoms with van der Waals surface area (Å²) in [6, 6.07) is 0. The number of rotatable bonds is 6. The average Bonchev–Trinajstić information content (AvgIpc) is 2.05. The number of likely N-dealkylation sites (N-methyl/N-ethyl adjacent to an activating group) is 1. The van der Waals surface area contributed by atoms with E-state index in [1.165, 1.54) is 0 Å². The van der Waals surface area contributed by atoms with Crippen LogP contribution in [0.25, 0.3) is 0 Å². The molecule has 0 rings (SSSR count). The lowest BCUT2D eigenvalue weighted by molar-refractivity contribution is -0.153. The highest BCUT2D eigenvalue weighted by molar-refractivity contribution is 6.34. The summed E-state index contributed by atoms with van der Waals surface area (Å²) in [5.41, 5.74) is 0. The van der Waals surface area contributed by atoms with Crippen molar-refractivity contribution >= 4 is 11.8 Å². The second-order valence-corrected chi connectivity index (χ2v) is 2.44. The summed E-state index contributed by atoms with van der Waals surface area (Å²) in [6.45, 7) is 2.37. The van der Waals surface area contributed by atoms with E-state index in [1.807, 2.05) is 6.92 Å². The third-order valence-corrected chi connectivity index (χ3v) is 1.30. The Hall–Kier alpha value is -0.900. The number of ether oxygens (including phenoxy) is 1. The molecular weight excluding hydrogens is 158 g/mol. The minimum absolute atomic E-state index is 0.0466. The van der Waals surface area contributed by atoms with Crippen LogP contribution in [-0.4, -0.2) is 32.0 Å². The number of hydrogen-bond acceptors (Lipinski definition) is 4. The second kappa shape index (κ2) is 6.79. The van der Waals surface area contributed by atoms with Crippen LogP contribution in [0.4, 0.5) is 0 Å². The van der Waals surface area contributed by atoms with Crippen molar-refractivity contribution in [3.63, 3.8) is 0 Å². The Morgan fingerprint density at radius 1 is 1.42 bits per heavy atom. The summed E-state index contributed by atoms with van der Waals surface area (Å²) < 4.78 is 4.67. The van der Waals surface area contributed by atoms with Crippen LogP contribution < -0.4 is 5.32 Å². The lowest BCUT2D eigenvalue weighted by Gasteiger charge is -2.01. The van der Waals surface area contributed by atoms with Crippen LogP contribution >= 0.6 is 0 Å². The van der Waals surface area contributed by atoms with Crippen molar-refractivity contribution in [2.75, 3.05) is 20.2 Å². The first kappa shape index (κ1) is 11.1. The largest absolute Gasteiger partial charge is 0.460 e. The number of hydrogen-bond donors (Lipinski definition) is 1. The summed E-state index contributed by atoms with van der Waals surface area (Å²) in [5.74, 6) is -1.26. The standard InChI is InChI=1S/C8H15NO3/c1-3-4-5-12-8(11)7(10)6-9-2/h9H,3-6H2,1-2H3. The van der Waals surface area contributed by atoms with E-state index in [2.05, 4.69) is 10.1 Å². The van der Waals surface area contributed by atoms with Gasteiger partial charge in [0.1, 0.15) is 0 Å². The van der Waals surface area contributed by atoms with E-state index in [4.69, 9.17) is 0 Å². The molecule has 0 spiro atoms. The molecule has 0 aliphatic heterocycles. The molecule has 0 bridgehead atoms. The van der Waals surface area contributed by atoms with Crippen molar-refractivity contribution < 1.29 is 14.3 Å². The van der Waals surface area contributed by atoms with Crippen LogP contribution in [0.15, 0.2) is 0 Å². The molecule has 0 aromatic carbocycles. The van der Waals surface area contributed by atoms with Crippen LogP contribution in [0.2, 0.25) is 0 Å². The van der Waals surface area contributed by atoms with E-state index >= 15 is 0 Å². The third kappa shape index (κ3) is 4.85. The molecule has 0 saturated heterocycles. The van der Waals surface area contributed by atoms with Crippen LogP contribution in [0.5, 0.6) is 0 Å². The molecule has 1 N–H and O–H groups in total. The summed E-state index contributed by atoms with van der Waals surface area (Å²) in [5, 5.41) is 2.59. The summed E-state index contributed by atoms with van der Waals surface area (Å²) in [6.07, 6.45) is 1.76. The van der Waals surface area contributed by atoms with Gasteiger partial charge < -0.3 is 10.1 Å². The van der Waals surface area contributed by atoms with Crippen molar-refractivity contribution in [1.82, 2.24) is 5.32 Å². The van der Waals surface area contributed by atoms with Crippen molar-refractivity contribution in [3.8, 4) is 0 Å². The number of carbonyl (C=O) groups excluding carboxylic acids is 2. The van der Waals surface area contributed by atoms with Gasteiger partial charge in [0.05, 0.1) is 13.2 Å². The zero-order chi connectivity index (χ0) is 9.40. The average molecular weight is 173 g/mol. The molecule has 0 radical (unpaired) electrons. The maximum atomic E-state index is 10.8. The molecule has 0 aromatic heterocycles. The second-order valence-electron chi connectivity index (χ2n) is 2.44. The molecule has 4 nitrogen and oxygen atoms in total. The normalized spacial score (nSPS) is 9.50. The van der Waals surface area contributed by atoms with Gasteiger partial charge in [0.2, 0.25) is 0 Å². The van der Waals surface area contributed by atoms with E-state index < -0.39 is 11.8 Å². The Morgan fingerprint density at radius 3 is 2.58 bits per heavy atom. The van der Waals surface area contributed by atoms with Crippen LogP contribution in [-0.2, 0) is 14.3 Å². The molecule has 0 fully saturated rings. The van der Waals surface area contributed by atoms with Gasteiger partial charge in [0.25, 0.3) is 5.78 Å². The van der Waals surface area contributed by atoms with Crippen molar-refractivity contribution in [2.45, 2.75) is 19.8 Å². The Labute approximate surface area is 72.3 Å². The van der Waals surface area contributed by atoms with Gasteiger partial charge in [-0.2, -0.15) is 0 Å². The molecule has 0 amide bonds. The van der Waals surface area contributed by atoms with Gasteiger partial charge in [-0.3, -0.25) is 4.79 Å². The number of unbranched alkanes of at least 4 members (excludes halogenated alkanes) is 1. The fraction of sp³-hybridized carbons (Fsp3) is 0.750. The summed E-state index contributed by atoms with van der Waals surface area (Å²) in [4.78, 5) is 21.6. The Bertz CT molecular complexity index is 156. The number of esters is 1. The SMILES string of the molecule is CCCCOC(=O)C(=O)CNC. The molecule has 0 heterocycles. The predicted octanol–water partition coefficient (Wildman–Crippen LogP) is 0.118. The number of ketones is 1. The Kier molecular flexibility index (Phi) is 6.28. The molecule has 70 valence electrons. The maximum absolute atomic E-state index is 10.8. The molecule has 0 saturated carbocycles. The van der Waals surface area contributed by atoms with E-state index in [0.29, 0.717) is 6.61 Å². The summed E-state index contributed by atoms with van der Waals surface area (Å²) >= 11 is 0. The topological polar surface area (TPSA) is 55.4 Å². The van der Waals surface area contributed by atoms with Crippen LogP contribution in [0.1, 0.15) is 19.8 Å². The lowest BCUT2D eigenvalue weighted by Crippen LogP contribution is -2.27. The third-order valence-electron chi connectivity index (χ3n) is 1.30. The molecule has 12 heavy (non-hydrogen) atoms. The Morgan fingerprint density at radius 2 is 2.08 bits per heavy atom. The smallest absolute Gasteiger partial charge is 0.375 e. The first-order valence-corrected chi connectivity index (χ1v) is 4.07. The van der Waals surface area contributed by atoms with E-state index in [9.17, 15) is 9.59 Å². The van der Waals surface area contributed by atoms with Gasteiger partial charge >= 0.3 is 5.97 Å². The lowest BCUT2D eigenvalue weighted by atomic mass is 10.3. The monoisotopic (exact) mass is 173 g/mol. The number of nitrogens with one attached hydrogen (secondary N) is 1. The molecule has 0 aliphatic carbocycles. The van der Waals surface area contributed by atoms with Gasteiger partial charge in [-0.15, -0.1) is 0 Å². The molecule has 4 heteroatoms. The minimum Gasteiger partial charge on any atom is -0.460 e. The molecule has 0 unspecified atom stereocenters. The van der Waals surface area contributed by atoms with Crippen molar-refractivity contribution in [3.05, 3.63) is 0 Å². The minimum atomic E-state index is -0.738. The van der Waals surface area contributed by atoms with Gasteiger partial charge in [0.15, 0.2) is 0 Å². The number of carbonyl (C=O) groups is 2.